The Morgan fingerprint density at radius 3 is 1.20 bits per heavy atom. The fraction of sp³-hybridized carbons (Fsp3) is 0.850. The van der Waals surface area contributed by atoms with Crippen molar-refractivity contribution < 1.29 is 48.1 Å². The molecule has 4 saturated heterocycles. The summed E-state index contributed by atoms with van der Waals surface area (Å²) in [6, 6.07) is -2.97. The maximum atomic E-state index is 13.6. The van der Waals surface area contributed by atoms with E-state index in [-0.39, 0.29) is 100 Å². The van der Waals surface area contributed by atoms with Gasteiger partial charge in [0, 0.05) is 50.8 Å². The molecule has 0 unspecified atom stereocenters. The molecule has 18 nitrogen and oxygen atoms in total. The van der Waals surface area contributed by atoms with E-state index in [0.717, 1.165) is 25.7 Å². The van der Waals surface area contributed by atoms with Crippen LogP contribution in [0.3, 0.4) is 0 Å². The molecule has 21 heteroatoms. The average molecular weight is 927 g/mol. The number of aliphatic carboxylic acids is 2. The van der Waals surface area contributed by atoms with E-state index in [0.29, 0.717) is 77.5 Å². The average Bonchev–Trinajstić information content (AvgIpc) is 4.08. The van der Waals surface area contributed by atoms with E-state index in [2.05, 4.69) is 0 Å². The number of hydrogen-bond donors (Lipinski definition) is 4. The molecule has 4 rings (SSSR count). The second-order valence-corrected chi connectivity index (χ2v) is 24.2. The molecule has 8 N–H and O–H groups in total. The minimum absolute atomic E-state index is 0. The fourth-order valence-corrected chi connectivity index (χ4v) is 16.0. The van der Waals surface area contributed by atoms with E-state index in [1.165, 1.54) is 19.6 Å². The van der Waals surface area contributed by atoms with Crippen LogP contribution >= 0.6 is 14.3 Å². The summed E-state index contributed by atoms with van der Waals surface area (Å²) in [6.45, 7) is 9.07. The quantitative estimate of drug-likeness (QED) is 0.0676. The number of nitrogens with zero attached hydrogens (tertiary/aromatic N) is 4. The summed E-state index contributed by atoms with van der Waals surface area (Å²) in [4.78, 5) is 82.9. The van der Waals surface area contributed by atoms with Gasteiger partial charge in [0.2, 0.25) is 23.6 Å². The minimum Gasteiger partial charge on any atom is -0.547 e. The van der Waals surface area contributed by atoms with Gasteiger partial charge in [-0.25, -0.2) is 0 Å². The Labute approximate surface area is 392 Å². The smallest absolute Gasteiger partial charge is 0.547 e. The van der Waals surface area contributed by atoms with Crippen molar-refractivity contribution in [3.05, 3.63) is 0 Å². The summed E-state index contributed by atoms with van der Waals surface area (Å²) >= 11 is 0. The molecule has 4 amide bonds. The van der Waals surface area contributed by atoms with Crippen molar-refractivity contribution in [2.24, 2.45) is 22.9 Å². The first-order valence-corrected chi connectivity index (χ1v) is 26.3. The second-order valence-electron chi connectivity index (χ2n) is 16.6. The van der Waals surface area contributed by atoms with Crippen LogP contribution in [0.1, 0.15) is 118 Å². The monoisotopic (exact) mass is 926 g/mol. The fourth-order valence-electron chi connectivity index (χ4n) is 9.91. The number of carboxylic acids is 2. The van der Waals surface area contributed by atoms with Crippen LogP contribution in [0.2, 0.25) is 0 Å². The van der Waals surface area contributed by atoms with E-state index < -0.39 is 72.8 Å². The Morgan fingerprint density at radius 2 is 0.918 bits per heavy atom. The van der Waals surface area contributed by atoms with Gasteiger partial charge in [0.05, 0.1) is 24.0 Å². The van der Waals surface area contributed by atoms with E-state index >= 15 is 0 Å². The third-order valence-electron chi connectivity index (χ3n) is 13.5. The van der Waals surface area contributed by atoms with Crippen molar-refractivity contribution in [3.63, 3.8) is 0 Å². The van der Waals surface area contributed by atoms with E-state index in [1.54, 1.807) is 27.7 Å². The number of nitrogens with two attached hydrogens (primary N) is 4. The third-order valence-corrected chi connectivity index (χ3v) is 21.6. The standard InChI is InChI=1S/2C20H37N4O5P.Ca/c2*1-3-30(29,4-2)20(19(27)28)11-8-14-24(20)18(26)16-10-7-13-23(16)17(25)15(22)9-5-6-12-21;/h2*15-16H,3-14,21-22H2,1-2H3,(H,27,28);/q;;+2/p-2/t2*15-,16-,20+;/m00./s1. The molecule has 4 aliphatic heterocycles. The van der Waals surface area contributed by atoms with Crippen molar-refractivity contribution in [2.45, 2.75) is 152 Å². The van der Waals surface area contributed by atoms with Crippen molar-refractivity contribution in [3.8, 4) is 0 Å². The summed E-state index contributed by atoms with van der Waals surface area (Å²) < 4.78 is 27.2. The molecule has 0 aliphatic carbocycles. The molecule has 0 aromatic heterocycles. The van der Waals surface area contributed by atoms with Crippen LogP contribution in [0.15, 0.2) is 0 Å². The van der Waals surface area contributed by atoms with Gasteiger partial charge >= 0.3 is 37.7 Å². The van der Waals surface area contributed by atoms with Crippen LogP contribution < -0.4 is 33.1 Å². The van der Waals surface area contributed by atoms with Crippen molar-refractivity contribution in [1.82, 2.24) is 19.6 Å². The first-order valence-electron chi connectivity index (χ1n) is 22.1. The zero-order chi connectivity index (χ0) is 45.1. The Kier molecular flexibility index (Phi) is 22.4. The molecule has 0 saturated carbocycles. The van der Waals surface area contributed by atoms with Gasteiger partial charge in [-0.15, -0.1) is 0 Å². The van der Waals surface area contributed by atoms with Gasteiger partial charge in [-0.2, -0.15) is 0 Å². The van der Waals surface area contributed by atoms with Crippen molar-refractivity contribution >= 4 is 87.6 Å². The normalized spacial score (nSPS) is 25.1. The van der Waals surface area contributed by atoms with Gasteiger partial charge in [-0.05, 0) is 90.1 Å². The van der Waals surface area contributed by atoms with Crippen LogP contribution in [0.25, 0.3) is 0 Å². The third kappa shape index (κ3) is 11.3. The second kappa shape index (κ2) is 24.6. The zero-order valence-corrected chi connectivity index (χ0v) is 41.1. The molecule has 61 heavy (non-hydrogen) atoms. The molecule has 4 aliphatic rings. The Morgan fingerprint density at radius 1 is 0.590 bits per heavy atom. The number of amides is 4. The number of unbranched alkanes of at least 4 members (excludes halogenated alkanes) is 2. The Balaban J connectivity index is 0.000000413. The molecular weight excluding hydrogens is 855 g/mol. The first-order chi connectivity index (χ1) is 28.4. The molecule has 0 spiro atoms. The van der Waals surface area contributed by atoms with Crippen LogP contribution in [-0.4, -0.2) is 192 Å². The summed E-state index contributed by atoms with van der Waals surface area (Å²) in [6.07, 6.45) is 8.02. The number of carboxylic acid groups (broad SMARTS) is 2. The maximum absolute atomic E-state index is 13.6. The predicted molar refractivity (Wildman–Crippen MR) is 232 cm³/mol. The van der Waals surface area contributed by atoms with Crippen molar-refractivity contribution in [1.29, 1.82) is 0 Å². The molecule has 0 bridgehead atoms. The molecule has 0 radical (unpaired) electrons. The van der Waals surface area contributed by atoms with E-state index in [1.807, 2.05) is 0 Å². The Hall–Kier alpha value is -1.62. The van der Waals surface area contributed by atoms with Gasteiger partial charge in [0.25, 0.3) is 0 Å². The minimum atomic E-state index is -3.24. The number of carbonyl (C=O) groups excluding carboxylic acids is 6. The molecule has 4 fully saturated rings. The van der Waals surface area contributed by atoms with E-state index in [4.69, 9.17) is 22.9 Å². The first kappa shape index (κ1) is 55.5. The maximum Gasteiger partial charge on any atom is 2.00 e. The topological polar surface area (TPSA) is 300 Å². The zero-order valence-electron chi connectivity index (χ0n) is 37.1. The van der Waals surface area contributed by atoms with Crippen LogP contribution in [0.5, 0.6) is 0 Å². The van der Waals surface area contributed by atoms with Gasteiger partial charge in [-0.1, -0.05) is 40.5 Å². The largest absolute Gasteiger partial charge is 2.00 e. The number of carbonyl (C=O) groups is 6. The van der Waals surface area contributed by atoms with Gasteiger partial charge < -0.3 is 71.5 Å². The molecule has 4 heterocycles. The molecule has 0 aromatic carbocycles. The van der Waals surface area contributed by atoms with Gasteiger partial charge in [0.1, 0.15) is 36.9 Å². The number of hydrogen-bond acceptors (Lipinski definition) is 14. The van der Waals surface area contributed by atoms with Crippen molar-refractivity contribution in [2.75, 3.05) is 63.9 Å². The van der Waals surface area contributed by atoms with Crippen LogP contribution in [-0.2, 0) is 37.9 Å². The summed E-state index contributed by atoms with van der Waals surface area (Å²) in [5.41, 5.74) is 23.1. The summed E-state index contributed by atoms with van der Waals surface area (Å²) in [7, 11) is -6.49. The van der Waals surface area contributed by atoms with Gasteiger partial charge in [-0.3, -0.25) is 19.2 Å². The summed E-state index contributed by atoms with van der Waals surface area (Å²) in [5, 5.41) is 21.0. The predicted octanol–water partition coefficient (Wildman–Crippen LogP) is -0.570. The number of likely N-dealkylation sites (tertiary alicyclic amines) is 4. The molecule has 0 aromatic rings. The summed E-state index contributed by atoms with van der Waals surface area (Å²) in [5.74, 6) is -4.38. The SMILES string of the molecule is CCP(=O)(CC)[C@@]1(C(=O)[O-])CCCN1C(=O)[C@@H]1CCCN1C(=O)[C@@H](N)CCCCN.CCP(=O)(CC)[C@@]1(C(=O)[O-])CCCN1C(=O)[C@@H]1CCCN1C(=O)[C@@H](N)CCCCN.[Ca+2]. The molecule has 344 valence electrons. The van der Waals surface area contributed by atoms with Crippen LogP contribution in [0.4, 0.5) is 0 Å². The Bertz CT molecular complexity index is 1510. The van der Waals surface area contributed by atoms with Crippen LogP contribution in [0, 0.1) is 0 Å². The number of rotatable bonds is 20. The molecule has 6 atom stereocenters. The van der Waals surface area contributed by atoms with E-state index in [9.17, 15) is 48.1 Å². The molecular formula is C40H72CaN8O10P2. The van der Waals surface area contributed by atoms with Gasteiger partial charge in [0.15, 0.2) is 0 Å².